The summed E-state index contributed by atoms with van der Waals surface area (Å²) in [6.45, 7) is 5.44. The molecule has 2 atom stereocenters. The molecule has 2 aromatic rings. The average Bonchev–Trinajstić information content (AvgIpc) is 2.61. The van der Waals surface area contributed by atoms with Gasteiger partial charge in [0.05, 0.1) is 12.0 Å². The Morgan fingerprint density at radius 3 is 1.84 bits per heavy atom. The molecular formula is C20H25NO3S. The first-order valence-electron chi connectivity index (χ1n) is 8.65. The SMILES string of the molecule is COc1ccc(-c2ccc(S(=O)(=O)N3C[C@@H](C)C[C@H](C)C3)cc2)cc1. The Bertz CT molecular complexity index is 803. The van der Waals surface area contributed by atoms with Gasteiger partial charge in [-0.2, -0.15) is 4.31 Å². The second-order valence-electron chi connectivity index (χ2n) is 7.02. The highest BCUT2D eigenvalue weighted by molar-refractivity contribution is 7.89. The van der Waals surface area contributed by atoms with Crippen LogP contribution < -0.4 is 4.74 Å². The normalized spacial score (nSPS) is 21.9. The van der Waals surface area contributed by atoms with Crippen LogP contribution in [0.15, 0.2) is 53.4 Å². The second-order valence-corrected chi connectivity index (χ2v) is 8.96. The number of hydrogen-bond donors (Lipinski definition) is 0. The fourth-order valence-electron chi connectivity index (χ4n) is 3.55. The minimum absolute atomic E-state index is 0.367. The first kappa shape index (κ1) is 18.0. The van der Waals surface area contributed by atoms with E-state index < -0.39 is 10.0 Å². The van der Waals surface area contributed by atoms with Crippen molar-refractivity contribution in [2.45, 2.75) is 25.2 Å². The number of hydrogen-bond acceptors (Lipinski definition) is 3. The van der Waals surface area contributed by atoms with E-state index in [0.717, 1.165) is 23.3 Å². The van der Waals surface area contributed by atoms with E-state index in [9.17, 15) is 8.42 Å². The number of piperidine rings is 1. The van der Waals surface area contributed by atoms with Crippen molar-refractivity contribution in [1.29, 1.82) is 0 Å². The number of methoxy groups -OCH3 is 1. The van der Waals surface area contributed by atoms with E-state index in [1.54, 1.807) is 23.5 Å². The second kappa shape index (κ2) is 7.18. The van der Waals surface area contributed by atoms with Gasteiger partial charge in [-0.05, 0) is 53.6 Å². The molecule has 1 saturated heterocycles. The minimum atomic E-state index is -3.42. The Kier molecular flexibility index (Phi) is 5.16. The standard InChI is InChI=1S/C20H25NO3S/c1-15-12-16(2)14-21(13-15)25(22,23)20-10-6-18(7-11-20)17-4-8-19(24-3)9-5-17/h4-11,15-16H,12-14H2,1-3H3/t15-,16-/m0/s1. The highest BCUT2D eigenvalue weighted by Crippen LogP contribution is 2.28. The zero-order valence-electron chi connectivity index (χ0n) is 15.0. The van der Waals surface area contributed by atoms with Crippen molar-refractivity contribution in [2.75, 3.05) is 20.2 Å². The number of sulfonamides is 1. The summed E-state index contributed by atoms with van der Waals surface area (Å²) < 4.78 is 32.6. The summed E-state index contributed by atoms with van der Waals surface area (Å²) in [5.74, 6) is 1.60. The summed E-state index contributed by atoms with van der Waals surface area (Å²) in [7, 11) is -1.79. The van der Waals surface area contributed by atoms with E-state index in [1.807, 2.05) is 36.4 Å². The van der Waals surface area contributed by atoms with Gasteiger partial charge in [0.25, 0.3) is 0 Å². The molecule has 1 fully saturated rings. The predicted octanol–water partition coefficient (Wildman–Crippen LogP) is 4.03. The summed E-state index contributed by atoms with van der Waals surface area (Å²) in [5.41, 5.74) is 2.02. The fraction of sp³-hybridized carbons (Fsp3) is 0.400. The summed E-state index contributed by atoms with van der Waals surface area (Å²) in [5, 5.41) is 0. The molecule has 0 spiro atoms. The van der Waals surface area contributed by atoms with Crippen LogP contribution in [0.1, 0.15) is 20.3 Å². The fourth-order valence-corrected chi connectivity index (χ4v) is 5.23. The van der Waals surface area contributed by atoms with Crippen LogP contribution in [0, 0.1) is 11.8 Å². The van der Waals surface area contributed by atoms with E-state index in [-0.39, 0.29) is 0 Å². The number of benzene rings is 2. The molecule has 4 nitrogen and oxygen atoms in total. The van der Waals surface area contributed by atoms with Gasteiger partial charge in [0, 0.05) is 13.1 Å². The lowest BCUT2D eigenvalue weighted by Crippen LogP contribution is -2.42. The van der Waals surface area contributed by atoms with Gasteiger partial charge >= 0.3 is 0 Å². The van der Waals surface area contributed by atoms with Crippen LogP contribution in [-0.2, 0) is 10.0 Å². The van der Waals surface area contributed by atoms with Crippen LogP contribution in [0.5, 0.6) is 5.75 Å². The molecule has 25 heavy (non-hydrogen) atoms. The highest BCUT2D eigenvalue weighted by Gasteiger charge is 2.31. The zero-order chi connectivity index (χ0) is 18.0. The third-order valence-corrected chi connectivity index (χ3v) is 6.60. The topological polar surface area (TPSA) is 46.6 Å². The average molecular weight is 359 g/mol. The third kappa shape index (κ3) is 3.88. The minimum Gasteiger partial charge on any atom is -0.497 e. The van der Waals surface area contributed by atoms with Gasteiger partial charge in [-0.1, -0.05) is 38.1 Å². The molecule has 0 aromatic heterocycles. The van der Waals surface area contributed by atoms with Gasteiger partial charge < -0.3 is 4.74 Å². The lowest BCUT2D eigenvalue weighted by molar-refractivity contribution is 0.222. The zero-order valence-corrected chi connectivity index (χ0v) is 15.8. The van der Waals surface area contributed by atoms with Crippen molar-refractivity contribution in [2.24, 2.45) is 11.8 Å². The maximum absolute atomic E-state index is 12.9. The Balaban J connectivity index is 1.83. The van der Waals surface area contributed by atoms with Crippen LogP contribution in [0.25, 0.3) is 11.1 Å². The Hall–Kier alpha value is -1.85. The predicted molar refractivity (Wildman–Crippen MR) is 100 cm³/mol. The van der Waals surface area contributed by atoms with Crippen molar-refractivity contribution in [3.8, 4) is 16.9 Å². The van der Waals surface area contributed by atoms with Gasteiger partial charge in [-0.25, -0.2) is 8.42 Å². The molecule has 3 rings (SSSR count). The monoisotopic (exact) mass is 359 g/mol. The highest BCUT2D eigenvalue weighted by atomic mass is 32.2. The molecule has 1 aliphatic rings. The van der Waals surface area contributed by atoms with Crippen LogP contribution in [0.2, 0.25) is 0 Å². The molecule has 0 radical (unpaired) electrons. The molecule has 0 aliphatic carbocycles. The first-order valence-corrected chi connectivity index (χ1v) is 10.1. The Labute approximate surface area is 150 Å². The summed E-state index contributed by atoms with van der Waals surface area (Å²) in [6.07, 6.45) is 1.09. The number of ether oxygens (including phenoxy) is 1. The van der Waals surface area contributed by atoms with Gasteiger partial charge in [-0.3, -0.25) is 0 Å². The van der Waals surface area contributed by atoms with Crippen molar-refractivity contribution < 1.29 is 13.2 Å². The Morgan fingerprint density at radius 2 is 1.36 bits per heavy atom. The van der Waals surface area contributed by atoms with Crippen molar-refractivity contribution in [3.05, 3.63) is 48.5 Å². The molecule has 1 aliphatic heterocycles. The van der Waals surface area contributed by atoms with E-state index in [1.165, 1.54) is 0 Å². The van der Waals surface area contributed by atoms with Crippen LogP contribution >= 0.6 is 0 Å². The van der Waals surface area contributed by atoms with E-state index in [2.05, 4.69) is 13.8 Å². The lowest BCUT2D eigenvalue weighted by atomic mass is 9.94. The summed E-state index contributed by atoms with van der Waals surface area (Å²) >= 11 is 0. The number of rotatable bonds is 4. The number of nitrogens with zero attached hydrogens (tertiary/aromatic N) is 1. The van der Waals surface area contributed by atoms with Crippen molar-refractivity contribution >= 4 is 10.0 Å². The van der Waals surface area contributed by atoms with Gasteiger partial charge in [-0.15, -0.1) is 0 Å². The molecule has 0 N–H and O–H groups in total. The van der Waals surface area contributed by atoms with E-state index in [0.29, 0.717) is 29.8 Å². The molecular weight excluding hydrogens is 334 g/mol. The maximum Gasteiger partial charge on any atom is 0.243 e. The molecule has 1 heterocycles. The largest absolute Gasteiger partial charge is 0.497 e. The van der Waals surface area contributed by atoms with Gasteiger partial charge in [0.1, 0.15) is 5.75 Å². The molecule has 0 saturated carbocycles. The van der Waals surface area contributed by atoms with E-state index >= 15 is 0 Å². The van der Waals surface area contributed by atoms with Crippen molar-refractivity contribution in [3.63, 3.8) is 0 Å². The van der Waals surface area contributed by atoms with Crippen LogP contribution in [0.4, 0.5) is 0 Å². The summed E-state index contributed by atoms with van der Waals surface area (Å²) in [6, 6.07) is 14.9. The first-order chi connectivity index (χ1) is 11.9. The molecule has 0 amide bonds. The summed E-state index contributed by atoms with van der Waals surface area (Å²) in [4.78, 5) is 0.367. The van der Waals surface area contributed by atoms with Crippen LogP contribution in [0.3, 0.4) is 0 Å². The maximum atomic E-state index is 12.9. The van der Waals surface area contributed by atoms with E-state index in [4.69, 9.17) is 4.74 Å². The lowest BCUT2D eigenvalue weighted by Gasteiger charge is -2.34. The van der Waals surface area contributed by atoms with Crippen LogP contribution in [-0.4, -0.2) is 32.9 Å². The van der Waals surface area contributed by atoms with Gasteiger partial charge in [0.2, 0.25) is 10.0 Å². The molecule has 2 aromatic carbocycles. The Morgan fingerprint density at radius 1 is 0.880 bits per heavy atom. The van der Waals surface area contributed by atoms with Gasteiger partial charge in [0.15, 0.2) is 0 Å². The third-order valence-electron chi connectivity index (χ3n) is 4.75. The van der Waals surface area contributed by atoms with Crippen molar-refractivity contribution in [1.82, 2.24) is 4.31 Å². The molecule has 134 valence electrons. The smallest absolute Gasteiger partial charge is 0.243 e. The quantitative estimate of drug-likeness (QED) is 0.828. The molecule has 0 bridgehead atoms. The molecule has 0 unspecified atom stereocenters. The molecule has 5 heteroatoms.